The number of benzene rings is 3. The highest BCUT2D eigenvalue weighted by atomic mass is 16.2. The molecule has 3 aromatic carbocycles. The lowest BCUT2D eigenvalue weighted by molar-refractivity contribution is 0.0893. The second kappa shape index (κ2) is 6.56. The highest BCUT2D eigenvalue weighted by molar-refractivity contribution is 6.36. The number of aryl methyl sites for hydroxylation is 2. The molecular weight excluding hydrogens is 404 g/mol. The van der Waals surface area contributed by atoms with E-state index in [1.165, 1.54) is 9.47 Å². The van der Waals surface area contributed by atoms with Gasteiger partial charge in [-0.25, -0.2) is 9.69 Å². The zero-order valence-electron chi connectivity index (χ0n) is 18.0. The van der Waals surface area contributed by atoms with Gasteiger partial charge in [-0.2, -0.15) is 0 Å². The summed E-state index contributed by atoms with van der Waals surface area (Å²) in [5, 5.41) is 1.68. The molecule has 4 aromatic rings. The number of hydrogen-bond acceptors (Lipinski definition) is 4. The third kappa shape index (κ3) is 2.39. The third-order valence-corrected chi connectivity index (χ3v) is 6.85. The standard InChI is InChI=1S/C25H22N4O3/c1-26-20-10-8-15(14-21(20)27(2)25(26)32)29-23(30)17-7-5-6-16-19(28-12-3-4-13-28)11-9-18(22(16)17)24(29)31/h5-11,14H,3-4,12-13H2,1-2H3. The fraction of sp³-hybridized carbons (Fsp3) is 0.240. The first-order chi connectivity index (χ1) is 15.5. The average Bonchev–Trinajstić information content (AvgIpc) is 3.41. The fourth-order valence-electron chi connectivity index (χ4n) is 5.18. The van der Waals surface area contributed by atoms with Crippen LogP contribution in [0.1, 0.15) is 33.6 Å². The van der Waals surface area contributed by atoms with Crippen molar-refractivity contribution in [2.24, 2.45) is 14.1 Å². The zero-order valence-corrected chi connectivity index (χ0v) is 18.0. The van der Waals surface area contributed by atoms with E-state index in [9.17, 15) is 14.4 Å². The summed E-state index contributed by atoms with van der Waals surface area (Å²) >= 11 is 0. The van der Waals surface area contributed by atoms with E-state index >= 15 is 0 Å². The van der Waals surface area contributed by atoms with E-state index in [-0.39, 0.29) is 17.5 Å². The Morgan fingerprint density at radius 3 is 2.19 bits per heavy atom. The van der Waals surface area contributed by atoms with Gasteiger partial charge >= 0.3 is 5.69 Å². The van der Waals surface area contributed by atoms with Crippen molar-refractivity contribution in [2.75, 3.05) is 22.9 Å². The number of anilines is 2. The molecule has 0 aliphatic carbocycles. The largest absolute Gasteiger partial charge is 0.371 e. The molecule has 6 rings (SSSR count). The minimum absolute atomic E-state index is 0.155. The molecule has 0 N–H and O–H groups in total. The molecule has 0 bridgehead atoms. The molecule has 7 heteroatoms. The average molecular weight is 426 g/mol. The summed E-state index contributed by atoms with van der Waals surface area (Å²) in [6.45, 7) is 1.98. The van der Waals surface area contributed by atoms with Crippen LogP contribution in [-0.2, 0) is 14.1 Å². The molecule has 0 spiro atoms. The van der Waals surface area contributed by atoms with Crippen molar-refractivity contribution >= 4 is 45.0 Å². The fourth-order valence-corrected chi connectivity index (χ4v) is 5.18. The Bertz CT molecular complexity index is 1500. The van der Waals surface area contributed by atoms with E-state index in [2.05, 4.69) is 4.90 Å². The topological polar surface area (TPSA) is 67.6 Å². The number of hydrogen-bond donors (Lipinski definition) is 0. The quantitative estimate of drug-likeness (QED) is 0.461. The molecular formula is C25H22N4O3. The highest BCUT2D eigenvalue weighted by Gasteiger charge is 2.35. The molecule has 3 heterocycles. The molecule has 2 aliphatic rings. The van der Waals surface area contributed by atoms with E-state index in [1.54, 1.807) is 42.9 Å². The summed E-state index contributed by atoms with van der Waals surface area (Å²) in [5.41, 5.74) is 3.86. The van der Waals surface area contributed by atoms with Gasteiger partial charge in [0.05, 0.1) is 16.7 Å². The van der Waals surface area contributed by atoms with Crippen LogP contribution in [0.25, 0.3) is 21.8 Å². The van der Waals surface area contributed by atoms with Crippen LogP contribution in [-0.4, -0.2) is 34.0 Å². The molecule has 0 saturated carbocycles. The number of aromatic nitrogens is 2. The summed E-state index contributed by atoms with van der Waals surface area (Å²) in [5.74, 6) is -0.682. The zero-order chi connectivity index (χ0) is 22.1. The van der Waals surface area contributed by atoms with E-state index in [1.807, 2.05) is 24.3 Å². The number of carbonyl (C=O) groups is 2. The Balaban J connectivity index is 1.54. The van der Waals surface area contributed by atoms with Crippen LogP contribution in [0.4, 0.5) is 11.4 Å². The van der Waals surface area contributed by atoms with Gasteiger partial charge in [0.2, 0.25) is 0 Å². The summed E-state index contributed by atoms with van der Waals surface area (Å²) in [6, 6.07) is 14.8. The maximum atomic E-state index is 13.6. The van der Waals surface area contributed by atoms with Crippen LogP contribution in [0.15, 0.2) is 53.3 Å². The van der Waals surface area contributed by atoms with Gasteiger partial charge in [-0.05, 0) is 49.2 Å². The molecule has 2 aliphatic heterocycles. The van der Waals surface area contributed by atoms with E-state index < -0.39 is 0 Å². The van der Waals surface area contributed by atoms with Crippen LogP contribution in [0, 0.1) is 0 Å². The number of fused-ring (bicyclic) bond motifs is 1. The van der Waals surface area contributed by atoms with Crippen molar-refractivity contribution in [3.05, 3.63) is 70.1 Å². The van der Waals surface area contributed by atoms with Gasteiger partial charge in [-0.15, -0.1) is 0 Å². The highest BCUT2D eigenvalue weighted by Crippen LogP contribution is 2.38. The van der Waals surface area contributed by atoms with Crippen molar-refractivity contribution in [1.82, 2.24) is 9.13 Å². The lowest BCUT2D eigenvalue weighted by Crippen LogP contribution is -2.40. The summed E-state index contributed by atoms with van der Waals surface area (Å²) in [7, 11) is 3.39. The normalized spacial score (nSPS) is 16.1. The number of nitrogens with zero attached hydrogens (tertiary/aromatic N) is 4. The molecule has 0 unspecified atom stereocenters. The number of imide groups is 1. The maximum absolute atomic E-state index is 13.6. The van der Waals surface area contributed by atoms with Gasteiger partial charge in [0, 0.05) is 54.8 Å². The van der Waals surface area contributed by atoms with Crippen molar-refractivity contribution in [1.29, 1.82) is 0 Å². The van der Waals surface area contributed by atoms with Gasteiger partial charge in [0.1, 0.15) is 0 Å². The van der Waals surface area contributed by atoms with Gasteiger partial charge in [-0.1, -0.05) is 12.1 Å². The first-order valence-electron chi connectivity index (χ1n) is 10.8. The third-order valence-electron chi connectivity index (χ3n) is 6.85. The van der Waals surface area contributed by atoms with Crippen molar-refractivity contribution in [3.8, 4) is 0 Å². The van der Waals surface area contributed by atoms with Crippen molar-refractivity contribution < 1.29 is 9.59 Å². The predicted molar refractivity (Wildman–Crippen MR) is 125 cm³/mol. The summed E-state index contributed by atoms with van der Waals surface area (Å²) < 4.78 is 3.07. The van der Waals surface area contributed by atoms with Crippen LogP contribution >= 0.6 is 0 Å². The second-order valence-electron chi connectivity index (χ2n) is 8.57. The van der Waals surface area contributed by atoms with Gasteiger partial charge in [0.25, 0.3) is 11.8 Å². The minimum Gasteiger partial charge on any atom is -0.371 e. The van der Waals surface area contributed by atoms with E-state index in [0.29, 0.717) is 22.3 Å². The second-order valence-corrected chi connectivity index (χ2v) is 8.57. The molecule has 0 atom stereocenters. The predicted octanol–water partition coefficient (Wildman–Crippen LogP) is 3.43. The maximum Gasteiger partial charge on any atom is 0.328 e. The lowest BCUT2D eigenvalue weighted by Gasteiger charge is -2.29. The number of rotatable bonds is 2. The van der Waals surface area contributed by atoms with Crippen LogP contribution in [0.3, 0.4) is 0 Å². The van der Waals surface area contributed by atoms with E-state index in [4.69, 9.17) is 0 Å². The molecule has 32 heavy (non-hydrogen) atoms. The Kier molecular flexibility index (Phi) is 3.87. The van der Waals surface area contributed by atoms with Gasteiger partial charge in [-0.3, -0.25) is 18.7 Å². The summed E-state index contributed by atoms with van der Waals surface area (Å²) in [4.78, 5) is 43.0. The molecule has 160 valence electrons. The van der Waals surface area contributed by atoms with E-state index in [0.717, 1.165) is 47.9 Å². The smallest absolute Gasteiger partial charge is 0.328 e. The van der Waals surface area contributed by atoms with Crippen LogP contribution < -0.4 is 15.5 Å². The van der Waals surface area contributed by atoms with Crippen LogP contribution in [0.5, 0.6) is 0 Å². The van der Waals surface area contributed by atoms with Gasteiger partial charge < -0.3 is 4.90 Å². The Hall–Kier alpha value is -3.87. The Morgan fingerprint density at radius 2 is 1.44 bits per heavy atom. The minimum atomic E-state index is -0.341. The number of carbonyl (C=O) groups excluding carboxylic acids is 2. The molecule has 0 radical (unpaired) electrons. The Morgan fingerprint density at radius 1 is 0.750 bits per heavy atom. The molecule has 7 nitrogen and oxygen atoms in total. The van der Waals surface area contributed by atoms with Crippen molar-refractivity contribution in [3.63, 3.8) is 0 Å². The number of amides is 2. The first-order valence-corrected chi connectivity index (χ1v) is 10.8. The first kappa shape index (κ1) is 18.9. The van der Waals surface area contributed by atoms with Crippen LogP contribution in [0.2, 0.25) is 0 Å². The summed E-state index contributed by atoms with van der Waals surface area (Å²) in [6.07, 6.45) is 2.30. The molecule has 1 aromatic heterocycles. The monoisotopic (exact) mass is 426 g/mol. The lowest BCUT2D eigenvalue weighted by atomic mass is 9.92. The molecule has 1 fully saturated rings. The Labute approximate surface area is 184 Å². The number of imidazole rings is 1. The van der Waals surface area contributed by atoms with Crippen molar-refractivity contribution in [2.45, 2.75) is 12.8 Å². The molecule has 1 saturated heterocycles. The SMILES string of the molecule is Cn1c(=O)n(C)c2cc(N3C(=O)c4cccc5c(N6CCCC6)ccc(c45)C3=O)ccc21. The molecule has 2 amide bonds. The van der Waals surface area contributed by atoms with Gasteiger partial charge in [0.15, 0.2) is 0 Å².